The Kier molecular flexibility index (Phi) is 6.09. The van der Waals surface area contributed by atoms with E-state index in [9.17, 15) is 0 Å². The van der Waals surface area contributed by atoms with Crippen molar-refractivity contribution in [1.82, 2.24) is 0 Å². The standard InChI is InChI=1S/C27H24S2/c1-27(2,18-9-19-28-22-11-4-3-5-12-22)17-8-10-21-15-16-26-24(20-21)23-13-6-7-14-25(23)29-26/h3-7,9,11-16,19-20H,17-18H2,1-2H3. The lowest BCUT2D eigenvalue weighted by Crippen LogP contribution is -2.08. The third-order valence-electron chi connectivity index (χ3n) is 4.89. The molecule has 0 saturated carbocycles. The van der Waals surface area contributed by atoms with E-state index in [2.05, 4.69) is 104 Å². The molecule has 144 valence electrons. The van der Waals surface area contributed by atoms with E-state index in [0.717, 1.165) is 18.4 Å². The van der Waals surface area contributed by atoms with E-state index in [-0.39, 0.29) is 5.41 Å². The van der Waals surface area contributed by atoms with Crippen LogP contribution in [0.5, 0.6) is 0 Å². The molecule has 0 aliphatic heterocycles. The number of hydrogen-bond acceptors (Lipinski definition) is 2. The van der Waals surface area contributed by atoms with Crippen molar-refractivity contribution in [2.75, 3.05) is 0 Å². The first-order valence-electron chi connectivity index (χ1n) is 9.88. The first-order chi connectivity index (χ1) is 14.1. The Morgan fingerprint density at radius 1 is 0.897 bits per heavy atom. The van der Waals surface area contributed by atoms with Gasteiger partial charge in [0.2, 0.25) is 0 Å². The van der Waals surface area contributed by atoms with Crippen LogP contribution in [0.3, 0.4) is 0 Å². The van der Waals surface area contributed by atoms with Crippen LogP contribution in [0.2, 0.25) is 0 Å². The summed E-state index contributed by atoms with van der Waals surface area (Å²) in [7, 11) is 0. The largest absolute Gasteiger partial charge is 0.135 e. The predicted molar refractivity (Wildman–Crippen MR) is 131 cm³/mol. The van der Waals surface area contributed by atoms with E-state index in [1.54, 1.807) is 11.8 Å². The Balaban J connectivity index is 1.40. The highest BCUT2D eigenvalue weighted by Crippen LogP contribution is 2.34. The third kappa shape index (κ3) is 5.12. The summed E-state index contributed by atoms with van der Waals surface area (Å²) in [5.74, 6) is 6.81. The van der Waals surface area contributed by atoms with Gasteiger partial charge < -0.3 is 0 Å². The molecular formula is C27H24S2. The molecular weight excluding hydrogens is 388 g/mol. The highest BCUT2D eigenvalue weighted by molar-refractivity contribution is 8.02. The minimum Gasteiger partial charge on any atom is -0.135 e. The maximum absolute atomic E-state index is 3.42. The minimum atomic E-state index is 0.167. The van der Waals surface area contributed by atoms with Gasteiger partial charge >= 0.3 is 0 Å². The molecule has 0 saturated heterocycles. The van der Waals surface area contributed by atoms with Crippen LogP contribution >= 0.6 is 23.1 Å². The van der Waals surface area contributed by atoms with E-state index in [1.165, 1.54) is 25.1 Å². The van der Waals surface area contributed by atoms with Gasteiger partial charge in [-0.2, -0.15) is 0 Å². The van der Waals surface area contributed by atoms with Crippen molar-refractivity contribution < 1.29 is 0 Å². The van der Waals surface area contributed by atoms with Gasteiger partial charge in [0.15, 0.2) is 0 Å². The number of hydrogen-bond donors (Lipinski definition) is 0. The molecule has 0 aliphatic carbocycles. The quantitative estimate of drug-likeness (QED) is 0.234. The second-order valence-electron chi connectivity index (χ2n) is 7.96. The highest BCUT2D eigenvalue weighted by atomic mass is 32.2. The number of benzene rings is 3. The van der Waals surface area contributed by atoms with Gasteiger partial charge in [0.25, 0.3) is 0 Å². The lowest BCUT2D eigenvalue weighted by molar-refractivity contribution is 0.383. The van der Waals surface area contributed by atoms with Crippen molar-refractivity contribution in [3.05, 3.63) is 89.8 Å². The lowest BCUT2D eigenvalue weighted by Gasteiger charge is -2.19. The van der Waals surface area contributed by atoms with E-state index in [1.807, 2.05) is 17.4 Å². The Bertz CT molecular complexity index is 1200. The number of thioether (sulfide) groups is 1. The van der Waals surface area contributed by atoms with E-state index >= 15 is 0 Å². The molecule has 3 aromatic carbocycles. The minimum absolute atomic E-state index is 0.167. The Labute approximate surface area is 181 Å². The summed E-state index contributed by atoms with van der Waals surface area (Å²) >= 11 is 3.62. The zero-order valence-corrected chi connectivity index (χ0v) is 18.4. The van der Waals surface area contributed by atoms with Crippen LogP contribution < -0.4 is 0 Å². The van der Waals surface area contributed by atoms with Gasteiger partial charge in [0.05, 0.1) is 0 Å². The highest BCUT2D eigenvalue weighted by Gasteiger charge is 2.14. The Hall–Kier alpha value is -2.47. The summed E-state index contributed by atoms with van der Waals surface area (Å²) in [6.45, 7) is 4.57. The Morgan fingerprint density at radius 2 is 1.66 bits per heavy atom. The maximum atomic E-state index is 3.42. The molecule has 29 heavy (non-hydrogen) atoms. The fourth-order valence-electron chi connectivity index (χ4n) is 3.25. The van der Waals surface area contributed by atoms with Crippen LogP contribution in [0, 0.1) is 17.3 Å². The van der Waals surface area contributed by atoms with Crippen molar-refractivity contribution in [3.63, 3.8) is 0 Å². The second-order valence-corrected chi connectivity index (χ2v) is 10.0. The second kappa shape index (κ2) is 8.91. The molecule has 0 aliphatic rings. The summed E-state index contributed by atoms with van der Waals surface area (Å²) in [4.78, 5) is 1.28. The van der Waals surface area contributed by atoms with Gasteiger partial charge in [-0.15, -0.1) is 11.3 Å². The van der Waals surface area contributed by atoms with E-state index in [4.69, 9.17) is 0 Å². The van der Waals surface area contributed by atoms with Crippen LogP contribution in [0.25, 0.3) is 20.2 Å². The van der Waals surface area contributed by atoms with Crippen molar-refractivity contribution in [2.45, 2.75) is 31.6 Å². The molecule has 0 N–H and O–H groups in total. The average Bonchev–Trinajstić information content (AvgIpc) is 3.10. The molecule has 0 radical (unpaired) electrons. The van der Waals surface area contributed by atoms with Gasteiger partial charge in [-0.25, -0.2) is 0 Å². The van der Waals surface area contributed by atoms with E-state index in [0.29, 0.717) is 0 Å². The Morgan fingerprint density at radius 3 is 2.52 bits per heavy atom. The molecule has 0 bridgehead atoms. The first kappa shape index (κ1) is 19.8. The van der Waals surface area contributed by atoms with Crippen molar-refractivity contribution >= 4 is 43.3 Å². The average molecular weight is 413 g/mol. The SMILES string of the molecule is CC(C)(CC#Cc1ccc2sc3ccccc3c2c1)CC=CSc1ccccc1. The van der Waals surface area contributed by atoms with Crippen LogP contribution in [0.4, 0.5) is 0 Å². The molecule has 4 rings (SSSR count). The first-order valence-corrected chi connectivity index (χ1v) is 11.6. The van der Waals surface area contributed by atoms with Gasteiger partial charge in [-0.1, -0.05) is 79.9 Å². The van der Waals surface area contributed by atoms with Gasteiger partial charge in [-0.3, -0.25) is 0 Å². The number of fused-ring (bicyclic) bond motifs is 3. The zero-order valence-electron chi connectivity index (χ0n) is 16.8. The number of rotatable bonds is 5. The fraction of sp³-hybridized carbons (Fsp3) is 0.185. The smallest absolute Gasteiger partial charge is 0.0356 e. The maximum Gasteiger partial charge on any atom is 0.0356 e. The number of thiophene rings is 1. The molecule has 1 heterocycles. The molecule has 0 fully saturated rings. The molecule has 0 amide bonds. The van der Waals surface area contributed by atoms with Gasteiger partial charge in [0, 0.05) is 37.1 Å². The number of allylic oxidation sites excluding steroid dienone is 1. The van der Waals surface area contributed by atoms with Gasteiger partial charge in [0.1, 0.15) is 0 Å². The molecule has 0 unspecified atom stereocenters. The zero-order chi connectivity index (χ0) is 20.1. The van der Waals surface area contributed by atoms with Crippen LogP contribution in [0.15, 0.2) is 89.2 Å². The lowest BCUT2D eigenvalue weighted by atomic mass is 9.86. The summed E-state index contributed by atoms with van der Waals surface area (Å²) in [6, 6.07) is 25.7. The van der Waals surface area contributed by atoms with Crippen molar-refractivity contribution in [3.8, 4) is 11.8 Å². The summed E-state index contributed by atoms with van der Waals surface area (Å²) < 4.78 is 2.67. The molecule has 0 spiro atoms. The van der Waals surface area contributed by atoms with Crippen LogP contribution in [-0.4, -0.2) is 0 Å². The van der Waals surface area contributed by atoms with Crippen molar-refractivity contribution in [2.24, 2.45) is 5.41 Å². The fourth-order valence-corrected chi connectivity index (χ4v) is 5.00. The van der Waals surface area contributed by atoms with Crippen LogP contribution in [-0.2, 0) is 0 Å². The normalized spacial score (nSPS) is 11.8. The molecule has 4 aromatic rings. The van der Waals surface area contributed by atoms with Crippen LogP contribution in [0.1, 0.15) is 32.3 Å². The monoisotopic (exact) mass is 412 g/mol. The predicted octanol–water partition coefficient (Wildman–Crippen LogP) is 8.52. The van der Waals surface area contributed by atoms with Crippen molar-refractivity contribution in [1.29, 1.82) is 0 Å². The van der Waals surface area contributed by atoms with E-state index < -0.39 is 0 Å². The summed E-state index contributed by atoms with van der Waals surface area (Å²) in [6.07, 6.45) is 4.17. The topological polar surface area (TPSA) is 0 Å². The molecule has 2 heteroatoms. The third-order valence-corrected chi connectivity index (χ3v) is 6.92. The molecule has 0 atom stereocenters. The van der Waals surface area contributed by atoms with Gasteiger partial charge in [-0.05, 0) is 53.6 Å². The summed E-state index contributed by atoms with van der Waals surface area (Å²) in [5.41, 5.74) is 1.27. The molecule has 0 nitrogen and oxygen atoms in total. The molecule has 1 aromatic heterocycles. The summed E-state index contributed by atoms with van der Waals surface area (Å²) in [5, 5.41) is 4.84.